The van der Waals surface area contributed by atoms with E-state index in [4.69, 9.17) is 0 Å². The zero-order valence-corrected chi connectivity index (χ0v) is 15.3. The van der Waals surface area contributed by atoms with Gasteiger partial charge in [0.2, 0.25) is 5.95 Å². The van der Waals surface area contributed by atoms with Crippen molar-refractivity contribution in [2.24, 2.45) is 0 Å². The van der Waals surface area contributed by atoms with E-state index >= 15 is 0 Å². The molecule has 2 N–H and O–H groups in total. The van der Waals surface area contributed by atoms with Crippen molar-refractivity contribution in [3.8, 4) is 0 Å². The molecule has 2 aromatic carbocycles. The summed E-state index contributed by atoms with van der Waals surface area (Å²) in [5.74, 6) is -0.0927. The van der Waals surface area contributed by atoms with Crippen molar-refractivity contribution in [2.75, 3.05) is 4.72 Å². The van der Waals surface area contributed by atoms with Crippen LogP contribution in [0.4, 0.5) is 5.95 Å². The fraction of sp³-hybridized carbons (Fsp3) is 0.158. The van der Waals surface area contributed by atoms with E-state index in [2.05, 4.69) is 14.7 Å². The second kappa shape index (κ2) is 7.13. The Morgan fingerprint density at radius 3 is 2.31 bits per heavy atom. The maximum atomic E-state index is 12.5. The molecular weight excluding hydrogens is 350 g/mol. The van der Waals surface area contributed by atoms with Crippen molar-refractivity contribution < 1.29 is 8.42 Å². The Labute approximate surface area is 152 Å². The fourth-order valence-electron chi connectivity index (χ4n) is 2.65. The highest BCUT2D eigenvalue weighted by Gasteiger charge is 2.17. The van der Waals surface area contributed by atoms with Crippen LogP contribution in [-0.4, -0.2) is 18.4 Å². The molecule has 0 bridgehead atoms. The van der Waals surface area contributed by atoms with Gasteiger partial charge < -0.3 is 0 Å². The first-order valence-electron chi connectivity index (χ1n) is 8.09. The summed E-state index contributed by atoms with van der Waals surface area (Å²) >= 11 is 0. The first kappa shape index (κ1) is 17.9. The summed E-state index contributed by atoms with van der Waals surface area (Å²) in [4.78, 5) is 19.3. The number of sulfonamides is 1. The molecule has 0 amide bonds. The van der Waals surface area contributed by atoms with E-state index < -0.39 is 10.0 Å². The van der Waals surface area contributed by atoms with Gasteiger partial charge in [0.05, 0.1) is 10.6 Å². The van der Waals surface area contributed by atoms with Crippen LogP contribution >= 0.6 is 0 Å². The summed E-state index contributed by atoms with van der Waals surface area (Å²) in [6, 6.07) is 15.7. The maximum Gasteiger partial charge on any atom is 0.264 e. The van der Waals surface area contributed by atoms with Crippen LogP contribution < -0.4 is 10.3 Å². The standard InChI is InChI=1S/C19H19N3O3S/c1-13-8-6-7-9-15(13)12-17-14(2)20-19(21-18(17)23)22-26(24,25)16-10-4-3-5-11-16/h3-11H,12H2,1-2H3,(H2,20,21,22,23). The molecule has 0 aliphatic heterocycles. The average Bonchev–Trinajstić information content (AvgIpc) is 2.60. The Kier molecular flexibility index (Phi) is 4.90. The minimum Gasteiger partial charge on any atom is -0.292 e. The summed E-state index contributed by atoms with van der Waals surface area (Å²) < 4.78 is 27.1. The molecule has 0 saturated heterocycles. The molecule has 0 aliphatic carbocycles. The smallest absolute Gasteiger partial charge is 0.264 e. The molecule has 134 valence electrons. The van der Waals surface area contributed by atoms with Gasteiger partial charge in [-0.25, -0.2) is 18.1 Å². The monoisotopic (exact) mass is 369 g/mol. The SMILES string of the molecule is Cc1ccccc1Cc1c(C)nc(NS(=O)(=O)c2ccccc2)[nH]c1=O. The van der Waals surface area contributed by atoms with Crippen LogP contribution in [0.15, 0.2) is 64.3 Å². The summed E-state index contributed by atoms with van der Waals surface area (Å²) in [5, 5.41) is 0. The molecule has 3 rings (SSSR count). The van der Waals surface area contributed by atoms with Crippen LogP contribution in [0.25, 0.3) is 0 Å². The zero-order valence-electron chi connectivity index (χ0n) is 14.5. The third kappa shape index (κ3) is 3.83. The number of aromatic nitrogens is 2. The fourth-order valence-corrected chi connectivity index (χ4v) is 3.64. The molecule has 0 aliphatic rings. The second-order valence-corrected chi connectivity index (χ2v) is 7.68. The molecule has 3 aromatic rings. The molecular formula is C19H19N3O3S. The van der Waals surface area contributed by atoms with Gasteiger partial charge in [-0.1, -0.05) is 42.5 Å². The topological polar surface area (TPSA) is 91.9 Å². The van der Waals surface area contributed by atoms with Gasteiger partial charge >= 0.3 is 0 Å². The Bertz CT molecular complexity index is 1090. The number of H-pyrrole nitrogens is 1. The van der Waals surface area contributed by atoms with Gasteiger partial charge in [0, 0.05) is 12.0 Å². The van der Waals surface area contributed by atoms with Crippen molar-refractivity contribution >= 4 is 16.0 Å². The summed E-state index contributed by atoms with van der Waals surface area (Å²) in [6.45, 7) is 3.68. The molecule has 0 fully saturated rings. The predicted molar refractivity (Wildman–Crippen MR) is 101 cm³/mol. The minimum absolute atomic E-state index is 0.0927. The van der Waals surface area contributed by atoms with E-state index in [1.54, 1.807) is 25.1 Å². The lowest BCUT2D eigenvalue weighted by atomic mass is 10.0. The van der Waals surface area contributed by atoms with Crippen molar-refractivity contribution in [1.82, 2.24) is 9.97 Å². The number of aromatic amines is 1. The number of anilines is 1. The molecule has 0 spiro atoms. The number of nitrogens with one attached hydrogen (secondary N) is 2. The normalized spacial score (nSPS) is 11.3. The maximum absolute atomic E-state index is 12.5. The number of hydrogen-bond donors (Lipinski definition) is 2. The van der Waals surface area contributed by atoms with Crippen molar-refractivity contribution in [3.63, 3.8) is 0 Å². The largest absolute Gasteiger partial charge is 0.292 e. The lowest BCUT2D eigenvalue weighted by Crippen LogP contribution is -2.22. The molecule has 0 atom stereocenters. The Morgan fingerprint density at radius 1 is 1.00 bits per heavy atom. The van der Waals surface area contributed by atoms with Crippen LogP contribution in [0.2, 0.25) is 0 Å². The highest BCUT2D eigenvalue weighted by Crippen LogP contribution is 2.15. The molecule has 0 unspecified atom stereocenters. The van der Waals surface area contributed by atoms with Crippen LogP contribution in [0.5, 0.6) is 0 Å². The third-order valence-corrected chi connectivity index (χ3v) is 5.49. The Hall–Kier alpha value is -2.93. The number of aryl methyl sites for hydroxylation is 2. The highest BCUT2D eigenvalue weighted by molar-refractivity contribution is 7.92. The first-order valence-corrected chi connectivity index (χ1v) is 9.57. The summed E-state index contributed by atoms with van der Waals surface area (Å²) in [5.41, 5.74) is 2.76. The molecule has 1 aromatic heterocycles. The van der Waals surface area contributed by atoms with Gasteiger partial charge in [0.25, 0.3) is 15.6 Å². The van der Waals surface area contributed by atoms with Gasteiger partial charge in [-0.15, -0.1) is 0 Å². The van der Waals surface area contributed by atoms with E-state index in [9.17, 15) is 13.2 Å². The number of rotatable bonds is 5. The van der Waals surface area contributed by atoms with Crippen LogP contribution in [-0.2, 0) is 16.4 Å². The molecule has 7 heteroatoms. The van der Waals surface area contributed by atoms with Gasteiger partial charge in [-0.3, -0.25) is 9.78 Å². The Balaban J connectivity index is 1.91. The number of benzene rings is 2. The lowest BCUT2D eigenvalue weighted by Gasteiger charge is -2.11. The molecule has 26 heavy (non-hydrogen) atoms. The van der Waals surface area contributed by atoms with Gasteiger partial charge in [0.1, 0.15) is 0 Å². The van der Waals surface area contributed by atoms with E-state index in [1.165, 1.54) is 12.1 Å². The molecule has 0 saturated carbocycles. The van der Waals surface area contributed by atoms with E-state index in [0.717, 1.165) is 11.1 Å². The van der Waals surface area contributed by atoms with Crippen LogP contribution in [0.3, 0.4) is 0 Å². The highest BCUT2D eigenvalue weighted by atomic mass is 32.2. The van der Waals surface area contributed by atoms with Crippen LogP contribution in [0.1, 0.15) is 22.4 Å². The van der Waals surface area contributed by atoms with E-state index in [-0.39, 0.29) is 16.4 Å². The van der Waals surface area contributed by atoms with Gasteiger partial charge in [-0.05, 0) is 37.1 Å². The molecule has 6 nitrogen and oxygen atoms in total. The van der Waals surface area contributed by atoms with Crippen molar-refractivity contribution in [3.05, 3.63) is 87.3 Å². The predicted octanol–water partition coefficient (Wildman–Crippen LogP) is 2.78. The summed E-state index contributed by atoms with van der Waals surface area (Å²) in [6.07, 6.45) is 0.437. The molecule has 0 radical (unpaired) electrons. The van der Waals surface area contributed by atoms with Crippen molar-refractivity contribution in [2.45, 2.75) is 25.2 Å². The molecule has 1 heterocycles. The average molecular weight is 369 g/mol. The second-order valence-electron chi connectivity index (χ2n) is 6.00. The van der Waals surface area contributed by atoms with Crippen LogP contribution in [0, 0.1) is 13.8 Å². The quantitative estimate of drug-likeness (QED) is 0.723. The first-order chi connectivity index (χ1) is 12.4. The van der Waals surface area contributed by atoms with Gasteiger partial charge in [0.15, 0.2) is 0 Å². The number of hydrogen-bond acceptors (Lipinski definition) is 4. The summed E-state index contributed by atoms with van der Waals surface area (Å²) in [7, 11) is -3.81. The van der Waals surface area contributed by atoms with Crippen molar-refractivity contribution in [1.29, 1.82) is 0 Å². The minimum atomic E-state index is -3.81. The van der Waals surface area contributed by atoms with E-state index in [0.29, 0.717) is 17.7 Å². The lowest BCUT2D eigenvalue weighted by molar-refractivity contribution is 0.600. The zero-order chi connectivity index (χ0) is 18.7. The Morgan fingerprint density at radius 2 is 1.65 bits per heavy atom. The third-order valence-electron chi connectivity index (χ3n) is 4.14. The van der Waals surface area contributed by atoms with Gasteiger partial charge in [-0.2, -0.15) is 0 Å². The number of nitrogens with zero attached hydrogens (tertiary/aromatic N) is 1. The van der Waals surface area contributed by atoms with E-state index in [1.807, 2.05) is 31.2 Å².